The van der Waals surface area contributed by atoms with E-state index in [1.165, 1.54) is 104 Å². The van der Waals surface area contributed by atoms with Gasteiger partial charge in [0.05, 0.1) is 16.7 Å². The molecule has 71 heavy (non-hydrogen) atoms. The summed E-state index contributed by atoms with van der Waals surface area (Å²) < 4.78 is 8.82. The van der Waals surface area contributed by atoms with Crippen molar-refractivity contribution in [3.8, 4) is 27.9 Å². The van der Waals surface area contributed by atoms with Crippen LogP contribution in [0, 0.1) is 0 Å². The van der Waals surface area contributed by atoms with E-state index >= 15 is 0 Å². The SMILES string of the molecule is c1ccc(-c2ccc([Si](c3ccccc3)(c3ccccc3)c3cccc4c3C3c5ccccc5C4c4cccc(-n5c6ccccc6c6cc(-c7ccc8oc9ccccc9c8c7)ccc65)c43)cc2)cc1. The molecule has 2 aromatic heterocycles. The Hall–Kier alpha value is -8.76. The lowest BCUT2D eigenvalue weighted by Crippen LogP contribution is -2.75. The van der Waals surface area contributed by atoms with Gasteiger partial charge in [-0.15, -0.1) is 0 Å². The summed E-state index contributed by atoms with van der Waals surface area (Å²) in [6.45, 7) is 0. The Morgan fingerprint density at radius 2 is 0.817 bits per heavy atom. The average molecular weight is 920 g/mol. The largest absolute Gasteiger partial charge is 0.456 e. The van der Waals surface area contributed by atoms with Gasteiger partial charge in [-0.1, -0.05) is 218 Å². The number of furan rings is 1. The number of para-hydroxylation sites is 2. The van der Waals surface area contributed by atoms with Crippen molar-refractivity contribution in [1.29, 1.82) is 0 Å². The average Bonchev–Trinajstić information content (AvgIpc) is 3.99. The van der Waals surface area contributed by atoms with Crippen LogP contribution < -0.4 is 20.7 Å². The summed E-state index contributed by atoms with van der Waals surface area (Å²) in [5.74, 6) is 0.0666. The fourth-order valence-corrected chi connectivity index (χ4v) is 18.0. The van der Waals surface area contributed by atoms with Gasteiger partial charge in [-0.2, -0.15) is 0 Å². The van der Waals surface area contributed by atoms with Gasteiger partial charge in [0.1, 0.15) is 11.2 Å². The van der Waals surface area contributed by atoms with Crippen LogP contribution in [0.15, 0.2) is 265 Å². The summed E-state index contributed by atoms with van der Waals surface area (Å²) in [5.41, 5.74) is 18.8. The maximum absolute atomic E-state index is 6.25. The molecule has 13 aromatic rings. The second-order valence-electron chi connectivity index (χ2n) is 19.4. The highest BCUT2D eigenvalue weighted by Gasteiger charge is 2.50. The molecular formula is C68H45NOSi. The summed E-state index contributed by atoms with van der Waals surface area (Å²) in [7, 11) is -3.03. The number of nitrogens with zero attached hydrogens (tertiary/aromatic N) is 1. The van der Waals surface area contributed by atoms with E-state index in [4.69, 9.17) is 4.42 Å². The van der Waals surface area contributed by atoms with Crippen LogP contribution in [-0.2, 0) is 0 Å². The van der Waals surface area contributed by atoms with E-state index in [9.17, 15) is 0 Å². The molecule has 0 spiro atoms. The Kier molecular flexibility index (Phi) is 8.84. The highest BCUT2D eigenvalue weighted by Crippen LogP contribution is 2.57. The number of aromatic nitrogens is 1. The van der Waals surface area contributed by atoms with E-state index in [0.717, 1.165) is 21.9 Å². The van der Waals surface area contributed by atoms with Crippen LogP contribution in [0.1, 0.15) is 45.2 Å². The number of rotatable bonds is 7. The summed E-state index contributed by atoms with van der Waals surface area (Å²) in [4.78, 5) is 0. The standard InChI is InChI=1S/C68H45NOSi/c1-4-18-44(19-5-1)45-34-38-50(39-35-45)71(48-20-6-2-7-21-48,49-22-8-3-9-23-49)64-33-17-29-56-65-53-26-10-11-27-54(53)68(67(56)64)66-55(65)28-16-31-61(66)69-59-30-14-12-24-51(59)57-42-46(36-40-60(57)69)47-37-41-63-58(43-47)52-25-13-15-32-62(52)70-63/h1-43,65,68H. The van der Waals surface area contributed by atoms with Gasteiger partial charge < -0.3 is 8.98 Å². The first-order valence-corrected chi connectivity index (χ1v) is 26.8. The molecule has 2 atom stereocenters. The Labute approximate surface area is 413 Å². The second-order valence-corrected chi connectivity index (χ2v) is 23.2. The van der Waals surface area contributed by atoms with Crippen molar-refractivity contribution in [1.82, 2.24) is 4.57 Å². The molecule has 0 N–H and O–H groups in total. The summed E-state index contributed by atoms with van der Waals surface area (Å²) in [6.07, 6.45) is 0. The third kappa shape index (κ3) is 5.81. The quantitative estimate of drug-likeness (QED) is 0.115. The molecule has 332 valence electrons. The zero-order valence-electron chi connectivity index (χ0n) is 38.8. The van der Waals surface area contributed by atoms with Gasteiger partial charge in [0.15, 0.2) is 8.07 Å². The van der Waals surface area contributed by atoms with Crippen LogP contribution in [0.25, 0.3) is 71.7 Å². The first kappa shape index (κ1) is 40.2. The molecule has 2 nitrogen and oxygen atoms in total. The van der Waals surface area contributed by atoms with E-state index in [2.05, 4.69) is 259 Å². The summed E-state index contributed by atoms with van der Waals surface area (Å²) >= 11 is 0. The van der Waals surface area contributed by atoms with E-state index in [0.29, 0.717) is 0 Å². The molecule has 2 unspecified atom stereocenters. The zero-order valence-corrected chi connectivity index (χ0v) is 39.8. The van der Waals surface area contributed by atoms with E-state index in [1.54, 1.807) is 0 Å². The van der Waals surface area contributed by atoms with Crippen LogP contribution in [0.5, 0.6) is 0 Å². The Morgan fingerprint density at radius 3 is 1.56 bits per heavy atom. The monoisotopic (exact) mass is 919 g/mol. The van der Waals surface area contributed by atoms with Crippen molar-refractivity contribution in [2.75, 3.05) is 0 Å². The lowest BCUT2D eigenvalue weighted by Gasteiger charge is -2.47. The van der Waals surface area contributed by atoms with Crippen LogP contribution in [-0.4, -0.2) is 12.6 Å². The number of fused-ring (bicyclic) bond motifs is 6. The Bertz CT molecular complexity index is 4190. The predicted octanol–water partition coefficient (Wildman–Crippen LogP) is 14.4. The van der Waals surface area contributed by atoms with Crippen molar-refractivity contribution in [2.24, 2.45) is 0 Å². The van der Waals surface area contributed by atoms with Gasteiger partial charge in [0.2, 0.25) is 0 Å². The first-order valence-electron chi connectivity index (χ1n) is 24.8. The van der Waals surface area contributed by atoms with Crippen molar-refractivity contribution in [3.63, 3.8) is 0 Å². The molecule has 0 amide bonds. The number of hydrogen-bond acceptors (Lipinski definition) is 1. The summed E-state index contributed by atoms with van der Waals surface area (Å²) in [5, 5.41) is 10.4. The van der Waals surface area contributed by atoms with E-state index in [-0.39, 0.29) is 11.8 Å². The Balaban J connectivity index is 0.980. The van der Waals surface area contributed by atoms with Gasteiger partial charge in [-0.05, 0) is 119 Å². The van der Waals surface area contributed by atoms with Gasteiger partial charge in [0, 0.05) is 33.4 Å². The lowest BCUT2D eigenvalue weighted by atomic mass is 9.60. The topological polar surface area (TPSA) is 18.1 Å². The minimum atomic E-state index is -3.03. The third-order valence-corrected chi connectivity index (χ3v) is 20.8. The molecule has 0 saturated heterocycles. The fourth-order valence-electron chi connectivity index (χ4n) is 13.0. The van der Waals surface area contributed by atoms with Crippen LogP contribution in [0.4, 0.5) is 0 Å². The zero-order chi connectivity index (χ0) is 46.6. The molecule has 16 rings (SSSR count). The molecule has 2 bridgehead atoms. The lowest BCUT2D eigenvalue weighted by molar-refractivity contribution is 0.669. The van der Waals surface area contributed by atoms with E-state index < -0.39 is 8.07 Å². The van der Waals surface area contributed by atoms with Crippen LogP contribution in [0.3, 0.4) is 0 Å². The highest BCUT2D eigenvalue weighted by molar-refractivity contribution is 7.20. The molecule has 3 aliphatic carbocycles. The van der Waals surface area contributed by atoms with Crippen LogP contribution >= 0.6 is 0 Å². The minimum absolute atomic E-state index is 0.0107. The van der Waals surface area contributed by atoms with E-state index in [1.807, 2.05) is 6.07 Å². The fraction of sp³-hybridized carbons (Fsp3) is 0.0294. The van der Waals surface area contributed by atoms with Gasteiger partial charge in [-0.25, -0.2) is 0 Å². The molecule has 3 aliphatic rings. The maximum Gasteiger partial charge on any atom is 0.179 e. The number of hydrogen-bond donors (Lipinski definition) is 0. The molecular weight excluding hydrogens is 875 g/mol. The van der Waals surface area contributed by atoms with Crippen molar-refractivity contribution in [2.45, 2.75) is 11.8 Å². The third-order valence-electron chi connectivity index (χ3n) is 15.9. The van der Waals surface area contributed by atoms with Crippen LogP contribution in [0.2, 0.25) is 0 Å². The molecule has 3 heteroatoms. The van der Waals surface area contributed by atoms with Crippen molar-refractivity contribution >= 4 is 72.6 Å². The summed E-state index contributed by atoms with van der Waals surface area (Å²) in [6, 6.07) is 98.1. The van der Waals surface area contributed by atoms with Gasteiger partial charge in [0.25, 0.3) is 0 Å². The molecule has 0 saturated carbocycles. The van der Waals surface area contributed by atoms with Crippen molar-refractivity contribution < 1.29 is 4.42 Å². The highest BCUT2D eigenvalue weighted by atomic mass is 28.3. The minimum Gasteiger partial charge on any atom is -0.456 e. The normalized spacial score (nSPS) is 14.8. The first-order chi connectivity index (χ1) is 35.2. The maximum atomic E-state index is 6.25. The van der Waals surface area contributed by atoms with Gasteiger partial charge >= 0.3 is 0 Å². The molecule has 2 heterocycles. The molecule has 11 aromatic carbocycles. The molecule has 0 radical (unpaired) electrons. The Morgan fingerprint density at radius 1 is 0.310 bits per heavy atom. The predicted molar refractivity (Wildman–Crippen MR) is 297 cm³/mol. The van der Waals surface area contributed by atoms with Gasteiger partial charge in [-0.3, -0.25) is 0 Å². The van der Waals surface area contributed by atoms with Crippen molar-refractivity contribution in [3.05, 3.63) is 294 Å². The number of benzene rings is 11. The molecule has 0 fully saturated rings. The molecule has 0 aliphatic heterocycles. The smallest absolute Gasteiger partial charge is 0.179 e. The second kappa shape index (κ2) is 15.6.